The van der Waals surface area contributed by atoms with Gasteiger partial charge in [-0.3, -0.25) is 0 Å². The quantitative estimate of drug-likeness (QED) is 0.601. The van der Waals surface area contributed by atoms with E-state index >= 15 is 0 Å². The van der Waals surface area contributed by atoms with Crippen molar-refractivity contribution in [3.8, 4) is 17.5 Å². The Morgan fingerprint density at radius 1 is 1.19 bits per heavy atom. The average Bonchev–Trinajstić information content (AvgIpc) is 2.88. The van der Waals surface area contributed by atoms with Gasteiger partial charge < -0.3 is 4.74 Å². The fourth-order valence-electron chi connectivity index (χ4n) is 2.60. The molecular formula is C19H14Cl2FN3O. The van der Waals surface area contributed by atoms with Gasteiger partial charge in [-0.25, -0.2) is 9.07 Å². The first-order valence-corrected chi connectivity index (χ1v) is 8.49. The first-order chi connectivity index (χ1) is 12.4. The monoisotopic (exact) mass is 389 g/mol. The van der Waals surface area contributed by atoms with Crippen LogP contribution in [0, 0.1) is 31.0 Å². The second-order valence-electron chi connectivity index (χ2n) is 5.70. The van der Waals surface area contributed by atoms with Crippen molar-refractivity contribution in [3.63, 3.8) is 0 Å². The van der Waals surface area contributed by atoms with Crippen molar-refractivity contribution in [2.75, 3.05) is 0 Å². The van der Waals surface area contributed by atoms with Crippen LogP contribution in [0.25, 0.3) is 5.69 Å². The molecule has 0 radical (unpaired) electrons. The Morgan fingerprint density at radius 3 is 2.62 bits per heavy atom. The molecule has 3 rings (SSSR count). The van der Waals surface area contributed by atoms with E-state index in [2.05, 4.69) is 5.10 Å². The molecule has 1 heterocycles. The summed E-state index contributed by atoms with van der Waals surface area (Å²) in [4.78, 5) is 0. The second-order valence-corrected chi connectivity index (χ2v) is 6.54. The summed E-state index contributed by atoms with van der Waals surface area (Å²) >= 11 is 11.9. The summed E-state index contributed by atoms with van der Waals surface area (Å²) in [5, 5.41) is 14.2. The van der Waals surface area contributed by atoms with Crippen LogP contribution in [0.4, 0.5) is 4.39 Å². The molecule has 0 amide bonds. The van der Waals surface area contributed by atoms with E-state index in [1.165, 1.54) is 12.1 Å². The van der Waals surface area contributed by atoms with Gasteiger partial charge in [0.05, 0.1) is 22.0 Å². The number of aryl methyl sites for hydroxylation is 1. The zero-order valence-electron chi connectivity index (χ0n) is 14.1. The maximum Gasteiger partial charge on any atom is 0.166 e. The maximum atomic E-state index is 13.9. The molecule has 132 valence electrons. The third kappa shape index (κ3) is 3.52. The highest BCUT2D eigenvalue weighted by Crippen LogP contribution is 2.25. The minimum Gasteiger partial charge on any atom is -0.486 e. The molecule has 0 saturated heterocycles. The number of benzene rings is 2. The van der Waals surface area contributed by atoms with Gasteiger partial charge in [-0.15, -0.1) is 0 Å². The minimum atomic E-state index is -0.515. The van der Waals surface area contributed by atoms with Crippen LogP contribution in [0.2, 0.25) is 10.0 Å². The number of hydrogen-bond donors (Lipinski definition) is 0. The number of hydrogen-bond acceptors (Lipinski definition) is 3. The Labute approximate surface area is 160 Å². The predicted octanol–water partition coefficient (Wildman–Crippen LogP) is 5.39. The molecule has 0 fully saturated rings. The lowest BCUT2D eigenvalue weighted by atomic mass is 10.2. The summed E-state index contributed by atoms with van der Waals surface area (Å²) in [5.41, 5.74) is 3.59. The average molecular weight is 390 g/mol. The van der Waals surface area contributed by atoms with Crippen LogP contribution in [-0.4, -0.2) is 9.78 Å². The van der Waals surface area contributed by atoms with Crippen molar-refractivity contribution >= 4 is 23.2 Å². The van der Waals surface area contributed by atoms with Crippen LogP contribution in [0.3, 0.4) is 0 Å². The summed E-state index contributed by atoms with van der Waals surface area (Å²) in [6.45, 7) is 3.91. The molecule has 0 N–H and O–H groups in total. The normalized spacial score (nSPS) is 10.6. The van der Waals surface area contributed by atoms with Crippen molar-refractivity contribution in [1.82, 2.24) is 9.78 Å². The largest absolute Gasteiger partial charge is 0.486 e. The molecular weight excluding hydrogens is 376 g/mol. The van der Waals surface area contributed by atoms with Gasteiger partial charge in [0.15, 0.2) is 11.6 Å². The number of aromatic nitrogens is 2. The van der Waals surface area contributed by atoms with E-state index in [0.717, 1.165) is 22.6 Å². The lowest BCUT2D eigenvalue weighted by Crippen LogP contribution is -2.02. The fourth-order valence-corrected chi connectivity index (χ4v) is 2.98. The summed E-state index contributed by atoms with van der Waals surface area (Å²) in [5.74, 6) is -0.388. The smallest absolute Gasteiger partial charge is 0.166 e. The zero-order valence-corrected chi connectivity index (χ0v) is 15.6. The lowest BCUT2D eigenvalue weighted by Gasteiger charge is -2.09. The van der Waals surface area contributed by atoms with E-state index in [-0.39, 0.29) is 12.4 Å². The van der Waals surface area contributed by atoms with Gasteiger partial charge in [-0.1, -0.05) is 23.2 Å². The van der Waals surface area contributed by atoms with Crippen LogP contribution < -0.4 is 4.74 Å². The van der Waals surface area contributed by atoms with Crippen molar-refractivity contribution in [3.05, 3.63) is 74.8 Å². The molecule has 2 aromatic carbocycles. The number of nitriles is 1. The summed E-state index contributed by atoms with van der Waals surface area (Å²) in [7, 11) is 0. The number of nitrogens with zero attached hydrogens (tertiary/aromatic N) is 3. The molecule has 4 nitrogen and oxygen atoms in total. The molecule has 0 saturated carbocycles. The Hall–Kier alpha value is -2.55. The fraction of sp³-hybridized carbons (Fsp3) is 0.158. The zero-order chi connectivity index (χ0) is 18.8. The van der Waals surface area contributed by atoms with Gasteiger partial charge in [0.1, 0.15) is 12.7 Å². The highest BCUT2D eigenvalue weighted by atomic mass is 35.5. The van der Waals surface area contributed by atoms with Crippen LogP contribution in [-0.2, 0) is 6.61 Å². The second kappa shape index (κ2) is 7.36. The van der Waals surface area contributed by atoms with Gasteiger partial charge in [0, 0.05) is 16.3 Å². The molecule has 0 aliphatic carbocycles. The molecule has 0 aliphatic heterocycles. The lowest BCUT2D eigenvalue weighted by molar-refractivity contribution is 0.289. The van der Waals surface area contributed by atoms with E-state index in [1.807, 2.05) is 19.9 Å². The third-order valence-corrected chi connectivity index (χ3v) is 4.57. The maximum absolute atomic E-state index is 13.9. The molecule has 0 atom stereocenters. The highest BCUT2D eigenvalue weighted by molar-refractivity contribution is 6.32. The topological polar surface area (TPSA) is 50.8 Å². The predicted molar refractivity (Wildman–Crippen MR) is 98.5 cm³/mol. The number of ether oxygens (including phenoxy) is 1. The summed E-state index contributed by atoms with van der Waals surface area (Å²) < 4.78 is 21.2. The van der Waals surface area contributed by atoms with Crippen LogP contribution in [0.15, 0.2) is 36.4 Å². The van der Waals surface area contributed by atoms with Gasteiger partial charge in [0.2, 0.25) is 0 Å². The summed E-state index contributed by atoms with van der Waals surface area (Å²) in [6, 6.07) is 11.4. The molecule has 1 aromatic heterocycles. The Balaban J connectivity index is 1.88. The van der Waals surface area contributed by atoms with Crippen molar-refractivity contribution in [2.45, 2.75) is 20.5 Å². The van der Waals surface area contributed by atoms with Gasteiger partial charge >= 0.3 is 0 Å². The first-order valence-electron chi connectivity index (χ1n) is 7.73. The summed E-state index contributed by atoms with van der Waals surface area (Å²) in [6.07, 6.45) is 0. The first kappa shape index (κ1) is 18.2. The van der Waals surface area contributed by atoms with Crippen LogP contribution >= 0.6 is 23.2 Å². The Kier molecular flexibility index (Phi) is 5.17. The van der Waals surface area contributed by atoms with Crippen molar-refractivity contribution in [2.24, 2.45) is 0 Å². The van der Waals surface area contributed by atoms with E-state index in [0.29, 0.717) is 15.6 Å². The van der Waals surface area contributed by atoms with Crippen LogP contribution in [0.1, 0.15) is 22.5 Å². The SMILES string of the molecule is Cc1nn(-c2ccc(C#N)c(Cl)c2)c(C)c1COc1ccc(Cl)cc1F. The third-order valence-electron chi connectivity index (χ3n) is 4.02. The van der Waals surface area contributed by atoms with Gasteiger partial charge in [-0.05, 0) is 50.2 Å². The number of rotatable bonds is 4. The van der Waals surface area contributed by atoms with Gasteiger partial charge in [-0.2, -0.15) is 10.4 Å². The Morgan fingerprint density at radius 2 is 1.96 bits per heavy atom. The van der Waals surface area contributed by atoms with E-state index < -0.39 is 5.82 Å². The molecule has 0 unspecified atom stereocenters. The molecule has 7 heteroatoms. The van der Waals surface area contributed by atoms with Crippen LogP contribution in [0.5, 0.6) is 5.75 Å². The minimum absolute atomic E-state index is 0.127. The Bertz CT molecular complexity index is 1020. The van der Waals surface area contributed by atoms with Crippen molar-refractivity contribution < 1.29 is 9.13 Å². The molecule has 0 spiro atoms. The van der Waals surface area contributed by atoms with Crippen molar-refractivity contribution in [1.29, 1.82) is 5.26 Å². The number of halogens is 3. The van der Waals surface area contributed by atoms with Gasteiger partial charge in [0.25, 0.3) is 0 Å². The van der Waals surface area contributed by atoms with E-state index in [1.54, 1.807) is 28.9 Å². The van der Waals surface area contributed by atoms with E-state index in [4.69, 9.17) is 33.2 Å². The molecule has 0 bridgehead atoms. The highest BCUT2D eigenvalue weighted by Gasteiger charge is 2.15. The van der Waals surface area contributed by atoms with E-state index in [9.17, 15) is 4.39 Å². The molecule has 3 aromatic rings. The molecule has 26 heavy (non-hydrogen) atoms. The molecule has 0 aliphatic rings. The standard InChI is InChI=1S/C19H14Cl2FN3O/c1-11-16(10-26-19-6-4-14(20)7-18(19)22)12(2)25(24-11)15-5-3-13(9-23)17(21)8-15/h3-8H,10H2,1-2H3.